The number of nitro groups is 1. The summed E-state index contributed by atoms with van der Waals surface area (Å²) in [4.78, 5) is 22.6. The van der Waals surface area contributed by atoms with Crippen molar-refractivity contribution >= 4 is 43.5 Å². The Morgan fingerprint density at radius 1 is 0.864 bits per heavy atom. The zero-order valence-corrected chi connectivity index (χ0v) is 16.9. The van der Waals surface area contributed by atoms with Crippen molar-refractivity contribution in [2.24, 2.45) is 0 Å². The van der Waals surface area contributed by atoms with Gasteiger partial charge in [-0.25, -0.2) is 0 Å². The van der Waals surface area contributed by atoms with Crippen molar-refractivity contribution < 1.29 is 9.72 Å². The van der Waals surface area contributed by atoms with Crippen LogP contribution in [0.3, 0.4) is 0 Å². The van der Waals surface area contributed by atoms with Crippen LogP contribution in [0.2, 0.25) is 0 Å². The van der Waals surface area contributed by atoms with E-state index < -0.39 is 6.04 Å². The van der Waals surface area contributed by atoms with Crippen LogP contribution in [-0.2, 0) is 4.79 Å². The van der Waals surface area contributed by atoms with E-state index in [9.17, 15) is 14.9 Å². The standard InChI is InChI=1S/C17H33NO3.Ca/c1-3-5-7-9-10-11-12-14-16(18(20)21)17(19)15-13-8-6-4-2;/h16H,3-15H2,1-2H3;/q;+2. The molecule has 1 atom stereocenters. The van der Waals surface area contributed by atoms with Crippen LogP contribution in [0.4, 0.5) is 0 Å². The van der Waals surface area contributed by atoms with Crippen molar-refractivity contribution in [1.29, 1.82) is 0 Å². The average molecular weight is 340 g/mol. The van der Waals surface area contributed by atoms with E-state index in [-0.39, 0.29) is 48.4 Å². The molecule has 0 aliphatic heterocycles. The van der Waals surface area contributed by atoms with Crippen LogP contribution in [0.15, 0.2) is 0 Å². The van der Waals surface area contributed by atoms with Gasteiger partial charge in [-0.2, -0.15) is 0 Å². The summed E-state index contributed by atoms with van der Waals surface area (Å²) < 4.78 is 0. The molecule has 4 nitrogen and oxygen atoms in total. The maximum atomic E-state index is 11.9. The minimum Gasteiger partial charge on any atom is -0.292 e. The van der Waals surface area contributed by atoms with Crippen LogP contribution < -0.4 is 0 Å². The minimum absolute atomic E-state index is 0. The molecule has 0 aromatic carbocycles. The molecule has 5 heteroatoms. The maximum absolute atomic E-state index is 11.9. The van der Waals surface area contributed by atoms with Crippen molar-refractivity contribution in [3.63, 3.8) is 0 Å². The number of rotatable bonds is 15. The number of carbonyl (C=O) groups is 1. The summed E-state index contributed by atoms with van der Waals surface area (Å²) in [6.45, 7) is 4.30. The van der Waals surface area contributed by atoms with Crippen LogP contribution >= 0.6 is 0 Å². The molecule has 0 aromatic rings. The monoisotopic (exact) mass is 339 g/mol. The molecule has 0 saturated carbocycles. The molecule has 124 valence electrons. The number of ketones is 1. The third-order valence-corrected chi connectivity index (χ3v) is 3.98. The zero-order chi connectivity index (χ0) is 15.9. The third kappa shape index (κ3) is 14.0. The summed E-state index contributed by atoms with van der Waals surface area (Å²) >= 11 is 0. The largest absolute Gasteiger partial charge is 2.00 e. The van der Waals surface area contributed by atoms with E-state index in [1.165, 1.54) is 25.7 Å². The Hall–Kier alpha value is 0.330. The molecular formula is C17H33CaNO3+2. The summed E-state index contributed by atoms with van der Waals surface area (Å²) in [5.74, 6) is -0.165. The summed E-state index contributed by atoms with van der Waals surface area (Å²) in [7, 11) is 0. The molecule has 0 saturated heterocycles. The molecule has 0 radical (unpaired) electrons. The fraction of sp³-hybridized carbons (Fsp3) is 0.941. The van der Waals surface area contributed by atoms with Gasteiger partial charge in [0.2, 0.25) is 5.78 Å². The average Bonchev–Trinajstić information content (AvgIpc) is 2.46. The molecule has 0 N–H and O–H groups in total. The Morgan fingerprint density at radius 3 is 1.82 bits per heavy atom. The first-order chi connectivity index (χ1) is 10.1. The van der Waals surface area contributed by atoms with Gasteiger partial charge in [0, 0.05) is 17.8 Å². The Bertz CT molecular complexity index is 285. The Balaban J connectivity index is 0. The first kappa shape index (κ1) is 24.6. The number of hydrogen-bond donors (Lipinski definition) is 0. The van der Waals surface area contributed by atoms with Gasteiger partial charge >= 0.3 is 37.7 Å². The van der Waals surface area contributed by atoms with Gasteiger partial charge in [-0.1, -0.05) is 71.6 Å². The van der Waals surface area contributed by atoms with E-state index in [0.29, 0.717) is 12.8 Å². The predicted molar refractivity (Wildman–Crippen MR) is 92.9 cm³/mol. The second kappa shape index (κ2) is 17.7. The zero-order valence-electron chi connectivity index (χ0n) is 14.6. The Kier molecular flexibility index (Phi) is 19.8. The SMILES string of the molecule is CCCCCCCCCC(C(=O)CCCCCC)[N+](=O)[O-].[Ca+2]. The minimum atomic E-state index is -0.956. The van der Waals surface area contributed by atoms with E-state index >= 15 is 0 Å². The van der Waals surface area contributed by atoms with Gasteiger partial charge in [-0.15, -0.1) is 0 Å². The fourth-order valence-corrected chi connectivity index (χ4v) is 2.57. The van der Waals surface area contributed by atoms with E-state index in [0.717, 1.165) is 44.9 Å². The molecule has 0 amide bonds. The second-order valence-corrected chi connectivity index (χ2v) is 5.99. The Labute approximate surface area is 166 Å². The molecule has 0 aromatic heterocycles. The van der Waals surface area contributed by atoms with E-state index in [4.69, 9.17) is 0 Å². The van der Waals surface area contributed by atoms with Gasteiger partial charge in [-0.05, 0) is 12.8 Å². The first-order valence-corrected chi connectivity index (χ1v) is 8.79. The summed E-state index contributed by atoms with van der Waals surface area (Å²) in [6, 6.07) is -0.956. The van der Waals surface area contributed by atoms with Gasteiger partial charge in [0.05, 0.1) is 0 Å². The topological polar surface area (TPSA) is 60.2 Å². The fourth-order valence-electron chi connectivity index (χ4n) is 2.57. The van der Waals surface area contributed by atoms with Gasteiger partial charge in [0.15, 0.2) is 0 Å². The molecule has 1 unspecified atom stereocenters. The van der Waals surface area contributed by atoms with Gasteiger partial charge in [0.25, 0.3) is 6.04 Å². The Morgan fingerprint density at radius 2 is 1.32 bits per heavy atom. The molecule has 0 fully saturated rings. The smallest absolute Gasteiger partial charge is 0.292 e. The molecule has 0 spiro atoms. The molecule has 0 heterocycles. The quantitative estimate of drug-likeness (QED) is 0.184. The number of hydrogen-bond acceptors (Lipinski definition) is 3. The van der Waals surface area contributed by atoms with Gasteiger partial charge < -0.3 is 0 Å². The molecule has 22 heavy (non-hydrogen) atoms. The normalized spacial score (nSPS) is 11.7. The number of unbranched alkanes of at least 4 members (excludes halogenated alkanes) is 9. The number of carbonyl (C=O) groups excluding carboxylic acids is 1. The number of nitrogens with zero attached hydrogens (tertiary/aromatic N) is 1. The van der Waals surface area contributed by atoms with Crippen molar-refractivity contribution in [2.75, 3.05) is 0 Å². The summed E-state index contributed by atoms with van der Waals surface area (Å²) in [5.41, 5.74) is 0. The van der Waals surface area contributed by atoms with Crippen molar-refractivity contribution in [2.45, 2.75) is 103 Å². The van der Waals surface area contributed by atoms with Crippen LogP contribution in [-0.4, -0.2) is 54.5 Å². The van der Waals surface area contributed by atoms with Crippen LogP contribution in [0.5, 0.6) is 0 Å². The summed E-state index contributed by atoms with van der Waals surface area (Å²) in [5, 5.41) is 11.0. The van der Waals surface area contributed by atoms with E-state index in [2.05, 4.69) is 13.8 Å². The number of Topliss-reactive ketones (excluding diaryl/α,β-unsaturated/α-hetero) is 1. The molecule has 0 bridgehead atoms. The van der Waals surface area contributed by atoms with Crippen LogP contribution in [0.1, 0.15) is 97.3 Å². The van der Waals surface area contributed by atoms with Crippen LogP contribution in [0.25, 0.3) is 0 Å². The van der Waals surface area contributed by atoms with Gasteiger partial charge in [0.1, 0.15) is 0 Å². The predicted octanol–water partition coefficient (Wildman–Crippen LogP) is 4.93. The molecular weight excluding hydrogens is 306 g/mol. The van der Waals surface area contributed by atoms with Crippen molar-refractivity contribution in [1.82, 2.24) is 0 Å². The van der Waals surface area contributed by atoms with E-state index in [1.807, 2.05) is 0 Å². The first-order valence-electron chi connectivity index (χ1n) is 8.79. The second-order valence-electron chi connectivity index (χ2n) is 5.99. The molecule has 0 aliphatic rings. The van der Waals surface area contributed by atoms with E-state index in [1.54, 1.807) is 0 Å². The molecule has 0 rings (SSSR count). The van der Waals surface area contributed by atoms with Crippen molar-refractivity contribution in [3.05, 3.63) is 10.1 Å². The molecule has 0 aliphatic carbocycles. The third-order valence-electron chi connectivity index (χ3n) is 3.98. The maximum Gasteiger partial charge on any atom is 2.00 e. The summed E-state index contributed by atoms with van der Waals surface area (Å²) in [6.07, 6.45) is 12.7. The van der Waals surface area contributed by atoms with Gasteiger partial charge in [-0.3, -0.25) is 14.9 Å². The van der Waals surface area contributed by atoms with Crippen LogP contribution in [0, 0.1) is 10.1 Å². The van der Waals surface area contributed by atoms with Crippen molar-refractivity contribution in [3.8, 4) is 0 Å².